The maximum atomic E-state index is 13.3. The number of ether oxygens (including phenoxy) is 1. The Bertz CT molecular complexity index is 936. The predicted molar refractivity (Wildman–Crippen MR) is 106 cm³/mol. The third-order valence-electron chi connectivity index (χ3n) is 5.40. The number of benzene rings is 2. The van der Waals surface area contributed by atoms with Crippen LogP contribution >= 0.6 is 0 Å². The van der Waals surface area contributed by atoms with Gasteiger partial charge in [-0.25, -0.2) is 8.42 Å². The molecule has 0 spiro atoms. The minimum absolute atomic E-state index is 0.196. The van der Waals surface area contributed by atoms with Gasteiger partial charge < -0.3 is 4.74 Å². The molecule has 0 radical (unpaired) electrons. The smallest absolute Gasteiger partial charge is 0.313 e. The van der Waals surface area contributed by atoms with Gasteiger partial charge in [0.2, 0.25) is 0 Å². The molecular weight excluding hydrogens is 376 g/mol. The molecule has 0 aromatic heterocycles. The topological polar surface area (TPSA) is 77.5 Å². The molecule has 148 valence electrons. The number of esters is 1. The zero-order chi connectivity index (χ0) is 20.1. The largest absolute Gasteiger partial charge is 0.466 e. The Labute approximate surface area is 165 Å². The summed E-state index contributed by atoms with van der Waals surface area (Å²) >= 11 is 0. The van der Waals surface area contributed by atoms with E-state index in [1.54, 1.807) is 61.5 Å². The number of hydrogen-bond acceptors (Lipinski definition) is 5. The summed E-state index contributed by atoms with van der Waals surface area (Å²) in [6, 6.07) is 15.2. The molecular formula is C22H24O5S. The van der Waals surface area contributed by atoms with Gasteiger partial charge in [-0.2, -0.15) is 0 Å². The number of hydrogen-bond donors (Lipinski definition) is 0. The molecule has 28 heavy (non-hydrogen) atoms. The van der Waals surface area contributed by atoms with Crippen molar-refractivity contribution >= 4 is 22.1 Å². The standard InChI is InChI=1S/C22H24O5S/c1-2-27-22(24)21(18-12-7-6-9-16(18)15-23)19-13-8-14-20(19)28(25,26)17-10-4-3-5-11-17/h3-7,9-12,15,19-21H,2,8,13-14H2,1H3. The van der Waals surface area contributed by atoms with Crippen LogP contribution in [-0.4, -0.2) is 32.5 Å². The van der Waals surface area contributed by atoms with Gasteiger partial charge in [-0.1, -0.05) is 48.9 Å². The molecule has 1 fully saturated rings. The van der Waals surface area contributed by atoms with E-state index in [2.05, 4.69) is 0 Å². The molecule has 0 heterocycles. The molecule has 0 amide bonds. The van der Waals surface area contributed by atoms with Crippen LogP contribution in [0.1, 0.15) is 48.0 Å². The lowest BCUT2D eigenvalue weighted by Gasteiger charge is -2.28. The average Bonchev–Trinajstić information content (AvgIpc) is 3.20. The van der Waals surface area contributed by atoms with E-state index in [1.165, 1.54) is 0 Å². The molecule has 5 nitrogen and oxygen atoms in total. The summed E-state index contributed by atoms with van der Waals surface area (Å²) in [5, 5.41) is -0.691. The van der Waals surface area contributed by atoms with Crippen LogP contribution in [0.5, 0.6) is 0 Å². The number of carbonyl (C=O) groups excluding carboxylic acids is 2. The molecule has 0 saturated heterocycles. The molecule has 0 N–H and O–H groups in total. The Kier molecular flexibility index (Phi) is 6.29. The first-order valence-electron chi connectivity index (χ1n) is 9.50. The normalized spacial score (nSPS) is 20.5. The Morgan fingerprint density at radius 3 is 2.46 bits per heavy atom. The van der Waals surface area contributed by atoms with E-state index in [-0.39, 0.29) is 11.5 Å². The van der Waals surface area contributed by atoms with E-state index in [1.807, 2.05) is 0 Å². The molecule has 1 saturated carbocycles. The summed E-state index contributed by atoms with van der Waals surface area (Å²) in [5.41, 5.74) is 0.930. The summed E-state index contributed by atoms with van der Waals surface area (Å²) in [6.45, 7) is 1.91. The number of rotatable bonds is 7. The van der Waals surface area contributed by atoms with Gasteiger partial charge in [-0.05, 0) is 43.4 Å². The molecule has 3 atom stereocenters. The fourth-order valence-corrected chi connectivity index (χ4v) is 6.29. The molecule has 6 heteroatoms. The van der Waals surface area contributed by atoms with Crippen LogP contribution in [0, 0.1) is 5.92 Å². The monoisotopic (exact) mass is 400 g/mol. The van der Waals surface area contributed by atoms with Gasteiger partial charge in [0.25, 0.3) is 0 Å². The number of sulfone groups is 1. The summed E-state index contributed by atoms with van der Waals surface area (Å²) in [5.74, 6) is -1.70. The molecule has 3 rings (SSSR count). The van der Waals surface area contributed by atoms with Crippen molar-refractivity contribution in [3.8, 4) is 0 Å². The lowest BCUT2D eigenvalue weighted by molar-refractivity contribution is -0.146. The van der Waals surface area contributed by atoms with E-state index < -0.39 is 32.9 Å². The zero-order valence-corrected chi connectivity index (χ0v) is 16.6. The molecule has 3 unspecified atom stereocenters. The zero-order valence-electron chi connectivity index (χ0n) is 15.8. The van der Waals surface area contributed by atoms with Crippen molar-refractivity contribution in [2.24, 2.45) is 5.92 Å². The summed E-state index contributed by atoms with van der Waals surface area (Å²) < 4.78 is 31.9. The average molecular weight is 400 g/mol. The third-order valence-corrected chi connectivity index (χ3v) is 7.71. The van der Waals surface area contributed by atoms with Crippen LogP contribution in [0.25, 0.3) is 0 Å². The minimum atomic E-state index is -3.61. The third kappa shape index (κ3) is 3.87. The fraction of sp³-hybridized carbons (Fsp3) is 0.364. The number of carbonyl (C=O) groups is 2. The highest BCUT2D eigenvalue weighted by atomic mass is 32.2. The number of aldehydes is 1. The second kappa shape index (κ2) is 8.69. The van der Waals surface area contributed by atoms with Crippen molar-refractivity contribution in [2.75, 3.05) is 6.61 Å². The van der Waals surface area contributed by atoms with E-state index in [0.717, 1.165) is 0 Å². The van der Waals surface area contributed by atoms with Crippen LogP contribution in [-0.2, 0) is 19.4 Å². The summed E-state index contributed by atoms with van der Waals surface area (Å²) in [7, 11) is -3.61. The van der Waals surface area contributed by atoms with E-state index in [4.69, 9.17) is 4.74 Å². The molecule has 1 aliphatic rings. The SMILES string of the molecule is CCOC(=O)C(c1ccccc1C=O)C1CCCC1S(=O)(=O)c1ccccc1. The van der Waals surface area contributed by atoms with E-state index in [9.17, 15) is 18.0 Å². The van der Waals surface area contributed by atoms with Crippen molar-refractivity contribution in [1.29, 1.82) is 0 Å². The summed E-state index contributed by atoms with van der Waals surface area (Å²) in [6.07, 6.45) is 2.49. The Morgan fingerprint density at radius 2 is 1.79 bits per heavy atom. The maximum Gasteiger partial charge on any atom is 0.313 e. The van der Waals surface area contributed by atoms with E-state index in [0.29, 0.717) is 36.7 Å². The lowest BCUT2D eigenvalue weighted by atomic mass is 9.82. The predicted octanol–water partition coefficient (Wildman–Crippen LogP) is 3.79. The molecule has 2 aromatic carbocycles. The van der Waals surface area contributed by atoms with Gasteiger partial charge in [-0.3, -0.25) is 9.59 Å². The highest BCUT2D eigenvalue weighted by molar-refractivity contribution is 7.92. The van der Waals surface area contributed by atoms with Gasteiger partial charge in [-0.15, -0.1) is 0 Å². The molecule has 1 aliphatic carbocycles. The van der Waals surface area contributed by atoms with Crippen LogP contribution in [0.15, 0.2) is 59.5 Å². The lowest BCUT2D eigenvalue weighted by Crippen LogP contribution is -2.34. The van der Waals surface area contributed by atoms with Crippen molar-refractivity contribution in [1.82, 2.24) is 0 Å². The maximum absolute atomic E-state index is 13.3. The van der Waals surface area contributed by atoms with Gasteiger partial charge in [0.15, 0.2) is 9.84 Å². The van der Waals surface area contributed by atoms with Crippen LogP contribution in [0.2, 0.25) is 0 Å². The quantitative estimate of drug-likeness (QED) is 0.522. The summed E-state index contributed by atoms with van der Waals surface area (Å²) in [4.78, 5) is 24.7. The van der Waals surface area contributed by atoms with Crippen LogP contribution in [0.4, 0.5) is 0 Å². The van der Waals surface area contributed by atoms with Crippen molar-refractivity contribution in [3.63, 3.8) is 0 Å². The molecule has 0 bridgehead atoms. The second-order valence-corrected chi connectivity index (χ2v) is 9.13. The van der Waals surface area contributed by atoms with Gasteiger partial charge >= 0.3 is 5.97 Å². The Morgan fingerprint density at radius 1 is 1.11 bits per heavy atom. The second-order valence-electron chi connectivity index (χ2n) is 6.97. The fourth-order valence-electron chi connectivity index (χ4n) is 4.17. The first kappa shape index (κ1) is 20.3. The molecule has 2 aromatic rings. The van der Waals surface area contributed by atoms with Crippen molar-refractivity contribution in [3.05, 3.63) is 65.7 Å². The van der Waals surface area contributed by atoms with Crippen molar-refractivity contribution < 1.29 is 22.7 Å². The minimum Gasteiger partial charge on any atom is -0.466 e. The van der Waals surface area contributed by atoms with Gasteiger partial charge in [0, 0.05) is 5.56 Å². The van der Waals surface area contributed by atoms with E-state index >= 15 is 0 Å². The van der Waals surface area contributed by atoms with Crippen LogP contribution in [0.3, 0.4) is 0 Å². The Balaban J connectivity index is 2.06. The van der Waals surface area contributed by atoms with Crippen molar-refractivity contribution in [2.45, 2.75) is 42.2 Å². The first-order chi connectivity index (χ1) is 13.5. The van der Waals surface area contributed by atoms with Gasteiger partial charge in [0.1, 0.15) is 6.29 Å². The molecule has 0 aliphatic heterocycles. The Hall–Kier alpha value is -2.47. The van der Waals surface area contributed by atoms with Gasteiger partial charge in [0.05, 0.1) is 22.7 Å². The highest BCUT2D eigenvalue weighted by Crippen LogP contribution is 2.44. The van der Waals surface area contributed by atoms with Crippen LogP contribution < -0.4 is 0 Å². The first-order valence-corrected chi connectivity index (χ1v) is 11.0. The highest BCUT2D eigenvalue weighted by Gasteiger charge is 2.46.